The molecule has 1 N–H and O–H groups in total. The molecule has 2 aromatic rings. The molecule has 1 aliphatic rings. The number of nitrogens with one attached hydrogen (secondary N) is 1. The summed E-state index contributed by atoms with van der Waals surface area (Å²) in [6.45, 7) is 1.41. The van der Waals surface area contributed by atoms with Crippen molar-refractivity contribution in [3.63, 3.8) is 0 Å². The van der Waals surface area contributed by atoms with Crippen LogP contribution in [0.1, 0.15) is 18.1 Å². The Morgan fingerprint density at radius 1 is 1.27 bits per heavy atom. The molecule has 1 aromatic carbocycles. The summed E-state index contributed by atoms with van der Waals surface area (Å²) < 4.78 is 47.4. The van der Waals surface area contributed by atoms with E-state index in [1.54, 1.807) is 0 Å². The van der Waals surface area contributed by atoms with Crippen molar-refractivity contribution in [3.05, 3.63) is 52.7 Å². The third kappa shape index (κ3) is 2.06. The normalized spacial score (nSPS) is 20.0. The number of halogens is 4. The lowest BCUT2D eigenvalue weighted by Gasteiger charge is -2.41. The summed E-state index contributed by atoms with van der Waals surface area (Å²) >= 11 is 5.91. The Balaban J connectivity index is 2.38. The fourth-order valence-electron chi connectivity index (χ4n) is 2.74. The number of nitrogens with zero attached hydrogens (tertiary/aromatic N) is 1. The largest absolute Gasteiger partial charge is 0.426 e. The van der Waals surface area contributed by atoms with Gasteiger partial charge in [0.25, 0.3) is 0 Å². The van der Waals surface area contributed by atoms with Gasteiger partial charge in [0.1, 0.15) is 5.82 Å². The summed E-state index contributed by atoms with van der Waals surface area (Å²) in [7, 11) is 0. The first-order valence-corrected chi connectivity index (χ1v) is 7.01. The molecule has 116 valence electrons. The van der Waals surface area contributed by atoms with Gasteiger partial charge in [-0.1, -0.05) is 17.7 Å². The van der Waals surface area contributed by atoms with Gasteiger partial charge in [0.15, 0.2) is 0 Å². The summed E-state index contributed by atoms with van der Waals surface area (Å²) in [5.41, 5.74) is -2.44. The second-order valence-corrected chi connectivity index (χ2v) is 5.26. The van der Waals surface area contributed by atoms with Crippen molar-refractivity contribution < 1.29 is 17.9 Å². The van der Waals surface area contributed by atoms with Crippen LogP contribution in [0, 0.1) is 0 Å². The molecule has 0 aliphatic carbocycles. The molecule has 3 nitrogen and oxygen atoms in total. The fourth-order valence-corrected chi connectivity index (χ4v) is 2.91. The Hall–Kier alpha value is -1.79. The van der Waals surface area contributed by atoms with Crippen LogP contribution >= 0.6 is 11.6 Å². The lowest BCUT2D eigenvalue weighted by molar-refractivity contribution is -0.265. The lowest BCUT2D eigenvalue weighted by atomic mass is 9.82. The maximum absolute atomic E-state index is 14.0. The maximum atomic E-state index is 14.0. The molecule has 2 heterocycles. The molecule has 7 heteroatoms. The number of benzene rings is 1. The summed E-state index contributed by atoms with van der Waals surface area (Å²) in [6, 6.07) is 7.12. The molecule has 0 saturated carbocycles. The van der Waals surface area contributed by atoms with E-state index < -0.39 is 11.8 Å². The Morgan fingerprint density at radius 2 is 2.05 bits per heavy atom. The predicted molar refractivity (Wildman–Crippen MR) is 77.4 cm³/mol. The van der Waals surface area contributed by atoms with Gasteiger partial charge in [-0.15, -0.1) is 0 Å². The molecule has 0 saturated heterocycles. The smallest absolute Gasteiger partial charge is 0.357 e. The minimum atomic E-state index is -4.66. The topological polar surface area (TPSA) is 34.1 Å². The number of rotatable bonds is 2. The molecule has 3 rings (SSSR count). The molecular formula is C15H12ClF3N2O. The average molecular weight is 329 g/mol. The van der Waals surface area contributed by atoms with Gasteiger partial charge in [0.2, 0.25) is 5.60 Å². The van der Waals surface area contributed by atoms with Crippen molar-refractivity contribution in [1.82, 2.24) is 4.98 Å². The van der Waals surface area contributed by atoms with Crippen LogP contribution < -0.4 is 5.32 Å². The number of anilines is 2. The molecule has 22 heavy (non-hydrogen) atoms. The number of aromatic nitrogens is 1. The van der Waals surface area contributed by atoms with Gasteiger partial charge in [0.05, 0.1) is 0 Å². The van der Waals surface area contributed by atoms with Gasteiger partial charge in [-0.3, -0.25) is 0 Å². The monoisotopic (exact) mass is 328 g/mol. The number of fused-ring (bicyclic) bond motifs is 2. The highest BCUT2D eigenvalue weighted by Gasteiger charge is 2.62. The quantitative estimate of drug-likeness (QED) is 0.872. The molecule has 0 bridgehead atoms. The maximum Gasteiger partial charge on any atom is 0.426 e. The molecule has 0 amide bonds. The third-order valence-corrected chi connectivity index (χ3v) is 3.80. The minimum Gasteiger partial charge on any atom is -0.357 e. The molecule has 0 fully saturated rings. The van der Waals surface area contributed by atoms with Crippen LogP contribution in [0.2, 0.25) is 5.02 Å². The zero-order valence-electron chi connectivity index (χ0n) is 11.5. The van der Waals surface area contributed by atoms with E-state index in [1.807, 2.05) is 0 Å². The van der Waals surface area contributed by atoms with Crippen LogP contribution in [-0.2, 0) is 10.3 Å². The molecule has 1 aliphatic heterocycles. The highest BCUT2D eigenvalue weighted by atomic mass is 35.5. The summed E-state index contributed by atoms with van der Waals surface area (Å²) in [6.07, 6.45) is -3.23. The summed E-state index contributed by atoms with van der Waals surface area (Å²) in [4.78, 5) is 4.01. The summed E-state index contributed by atoms with van der Waals surface area (Å²) in [5.74, 6) is 0.128. The SMILES string of the molecule is CCOC1(C(F)(F)F)c2cc(Cl)ccc2Nc2ncccc21. The van der Waals surface area contributed by atoms with Gasteiger partial charge >= 0.3 is 6.18 Å². The Labute approximate surface area is 130 Å². The highest BCUT2D eigenvalue weighted by Crippen LogP contribution is 2.54. The second-order valence-electron chi connectivity index (χ2n) is 4.83. The van der Waals surface area contributed by atoms with Gasteiger partial charge in [-0.25, -0.2) is 4.98 Å². The first kappa shape index (κ1) is 15.1. The zero-order chi connectivity index (χ0) is 16.0. The van der Waals surface area contributed by atoms with E-state index in [1.165, 1.54) is 43.5 Å². The standard InChI is InChI=1S/C15H12ClF3N2O/c1-2-22-14(15(17,18)19)10-4-3-7-20-13(10)21-12-6-5-9(16)8-11(12)14/h3-8H,2H2,1H3,(H,20,21). The van der Waals surface area contributed by atoms with Gasteiger partial charge < -0.3 is 10.1 Å². The van der Waals surface area contributed by atoms with Crippen molar-refractivity contribution in [2.45, 2.75) is 18.7 Å². The number of hydrogen-bond donors (Lipinski definition) is 1. The van der Waals surface area contributed by atoms with Crippen molar-refractivity contribution in [2.75, 3.05) is 11.9 Å². The minimum absolute atomic E-state index is 0.0603. The number of alkyl halides is 3. The molecule has 1 aromatic heterocycles. The van der Waals surface area contributed by atoms with Crippen LogP contribution in [0.5, 0.6) is 0 Å². The molecule has 0 spiro atoms. The number of hydrogen-bond acceptors (Lipinski definition) is 3. The van der Waals surface area contributed by atoms with E-state index in [4.69, 9.17) is 16.3 Å². The fraction of sp³-hybridized carbons (Fsp3) is 0.267. The van der Waals surface area contributed by atoms with Crippen LogP contribution in [-0.4, -0.2) is 17.8 Å². The average Bonchev–Trinajstić information content (AvgIpc) is 2.46. The molecule has 0 radical (unpaired) electrons. The Kier molecular flexibility index (Phi) is 3.53. The Morgan fingerprint density at radius 3 is 2.73 bits per heavy atom. The third-order valence-electron chi connectivity index (χ3n) is 3.56. The van der Waals surface area contributed by atoms with Gasteiger partial charge in [0, 0.05) is 34.6 Å². The van der Waals surface area contributed by atoms with Crippen molar-refractivity contribution >= 4 is 23.1 Å². The summed E-state index contributed by atoms with van der Waals surface area (Å²) in [5, 5.41) is 3.11. The van der Waals surface area contributed by atoms with E-state index in [9.17, 15) is 13.2 Å². The van der Waals surface area contributed by atoms with Crippen LogP contribution in [0.3, 0.4) is 0 Å². The molecule has 1 unspecified atom stereocenters. The van der Waals surface area contributed by atoms with Crippen LogP contribution in [0.4, 0.5) is 24.7 Å². The van der Waals surface area contributed by atoms with E-state index in [2.05, 4.69) is 10.3 Å². The molecule has 1 atom stereocenters. The predicted octanol–water partition coefficient (Wildman–Crippen LogP) is 4.63. The van der Waals surface area contributed by atoms with Crippen LogP contribution in [0.25, 0.3) is 0 Å². The second kappa shape index (κ2) is 5.14. The van der Waals surface area contributed by atoms with Crippen molar-refractivity contribution in [2.24, 2.45) is 0 Å². The van der Waals surface area contributed by atoms with Crippen molar-refractivity contribution in [1.29, 1.82) is 0 Å². The number of ether oxygens (including phenoxy) is 1. The van der Waals surface area contributed by atoms with E-state index in [-0.39, 0.29) is 34.3 Å². The first-order valence-electron chi connectivity index (χ1n) is 6.63. The van der Waals surface area contributed by atoms with E-state index in [0.717, 1.165) is 0 Å². The van der Waals surface area contributed by atoms with Crippen LogP contribution in [0.15, 0.2) is 36.5 Å². The highest BCUT2D eigenvalue weighted by molar-refractivity contribution is 6.30. The van der Waals surface area contributed by atoms with Gasteiger partial charge in [-0.2, -0.15) is 13.2 Å². The zero-order valence-corrected chi connectivity index (χ0v) is 12.3. The van der Waals surface area contributed by atoms with E-state index >= 15 is 0 Å². The van der Waals surface area contributed by atoms with Crippen molar-refractivity contribution in [3.8, 4) is 0 Å². The number of pyridine rings is 1. The lowest BCUT2D eigenvalue weighted by Crippen LogP contribution is -2.48. The molecular weight excluding hydrogens is 317 g/mol. The van der Waals surface area contributed by atoms with Gasteiger partial charge in [-0.05, 0) is 31.2 Å². The first-order chi connectivity index (χ1) is 10.4. The van der Waals surface area contributed by atoms with E-state index in [0.29, 0.717) is 0 Å². The Bertz CT molecular complexity index is 720.